The van der Waals surface area contributed by atoms with E-state index in [1.54, 1.807) is 11.3 Å². The van der Waals surface area contributed by atoms with Gasteiger partial charge in [0.1, 0.15) is 16.5 Å². The molecule has 1 aliphatic heterocycles. The molecule has 1 aliphatic rings. The van der Waals surface area contributed by atoms with E-state index in [0.29, 0.717) is 0 Å². The van der Waals surface area contributed by atoms with E-state index in [-0.39, 0.29) is 0 Å². The molecule has 0 atom stereocenters. The van der Waals surface area contributed by atoms with Crippen molar-refractivity contribution in [3.8, 4) is 11.1 Å². The molecular weight excluding hydrogens is 430 g/mol. The third kappa shape index (κ3) is 5.16. The average Bonchev–Trinajstić information content (AvgIpc) is 3.30. The molecule has 170 valence electrons. The number of hydrogen-bond donors (Lipinski definition) is 1. The summed E-state index contributed by atoms with van der Waals surface area (Å²) in [5.41, 5.74) is 3.59. The second kappa shape index (κ2) is 10.3. The summed E-state index contributed by atoms with van der Waals surface area (Å²) in [5, 5.41) is 6.95. The van der Waals surface area contributed by atoms with Crippen LogP contribution in [0.2, 0.25) is 0 Å². The van der Waals surface area contributed by atoms with Gasteiger partial charge in [-0.05, 0) is 17.7 Å². The van der Waals surface area contributed by atoms with E-state index in [1.165, 1.54) is 16.8 Å². The molecule has 2 aromatic heterocycles. The number of morpholine rings is 1. The van der Waals surface area contributed by atoms with Crippen LogP contribution >= 0.6 is 11.3 Å². The summed E-state index contributed by atoms with van der Waals surface area (Å²) in [6, 6.07) is 21.0. The lowest BCUT2D eigenvalue weighted by atomic mass is 10.1. The molecule has 0 unspecified atom stereocenters. The van der Waals surface area contributed by atoms with Crippen molar-refractivity contribution >= 4 is 33.1 Å². The number of hydrogen-bond acceptors (Lipinski definition) is 7. The molecule has 7 heteroatoms. The number of rotatable bonds is 8. The summed E-state index contributed by atoms with van der Waals surface area (Å²) in [5.74, 6) is 1.79. The number of para-hydroxylation sites is 1. The van der Waals surface area contributed by atoms with Crippen LogP contribution < -0.4 is 10.2 Å². The van der Waals surface area contributed by atoms with Crippen molar-refractivity contribution < 1.29 is 4.74 Å². The van der Waals surface area contributed by atoms with Crippen molar-refractivity contribution in [3.63, 3.8) is 0 Å². The van der Waals surface area contributed by atoms with Crippen molar-refractivity contribution in [2.75, 3.05) is 56.7 Å². The molecule has 1 N–H and O–H groups in total. The maximum atomic E-state index is 5.50. The summed E-state index contributed by atoms with van der Waals surface area (Å²) in [7, 11) is 2.12. The Labute approximate surface area is 198 Å². The van der Waals surface area contributed by atoms with Gasteiger partial charge in [0.25, 0.3) is 0 Å². The minimum Gasteiger partial charge on any atom is -0.379 e. The van der Waals surface area contributed by atoms with Crippen molar-refractivity contribution in [2.45, 2.75) is 6.54 Å². The molecule has 5 rings (SSSR count). The van der Waals surface area contributed by atoms with Crippen molar-refractivity contribution in [3.05, 3.63) is 71.9 Å². The molecule has 0 aliphatic carbocycles. The highest BCUT2D eigenvalue weighted by molar-refractivity contribution is 7.17. The average molecular weight is 460 g/mol. The number of fused-ring (bicyclic) bond motifs is 1. The Morgan fingerprint density at radius 2 is 1.73 bits per heavy atom. The lowest BCUT2D eigenvalue weighted by molar-refractivity contribution is 0.0331. The Morgan fingerprint density at radius 1 is 1.00 bits per heavy atom. The minimum atomic E-state index is 0.746. The molecule has 0 radical (unpaired) electrons. The van der Waals surface area contributed by atoms with Crippen molar-refractivity contribution in [1.82, 2.24) is 14.9 Å². The van der Waals surface area contributed by atoms with Crippen LogP contribution in [0.3, 0.4) is 0 Å². The molecule has 0 saturated carbocycles. The number of benzene rings is 2. The number of anilines is 2. The molecule has 4 aromatic rings. The first-order valence-electron chi connectivity index (χ1n) is 11.4. The predicted octanol–water partition coefficient (Wildman–Crippen LogP) is 4.74. The van der Waals surface area contributed by atoms with Gasteiger partial charge in [0.05, 0.1) is 25.1 Å². The van der Waals surface area contributed by atoms with Gasteiger partial charge in [-0.1, -0.05) is 48.5 Å². The molecule has 0 amide bonds. The van der Waals surface area contributed by atoms with Gasteiger partial charge >= 0.3 is 0 Å². The number of thiophene rings is 1. The molecular formula is C26H29N5OS. The summed E-state index contributed by atoms with van der Waals surface area (Å²) in [4.78, 5) is 15.6. The van der Waals surface area contributed by atoms with Gasteiger partial charge < -0.3 is 15.0 Å². The van der Waals surface area contributed by atoms with Crippen LogP contribution in [0.25, 0.3) is 21.3 Å². The van der Waals surface area contributed by atoms with Crippen LogP contribution in [-0.2, 0) is 11.3 Å². The van der Waals surface area contributed by atoms with E-state index in [1.807, 2.05) is 12.1 Å². The normalized spacial score (nSPS) is 14.5. The fraction of sp³-hybridized carbons (Fsp3) is 0.308. The van der Waals surface area contributed by atoms with Crippen molar-refractivity contribution in [1.29, 1.82) is 0 Å². The van der Waals surface area contributed by atoms with Gasteiger partial charge in [-0.25, -0.2) is 9.97 Å². The Hall–Kier alpha value is -3.00. The smallest absolute Gasteiger partial charge is 0.146 e. The zero-order valence-corrected chi connectivity index (χ0v) is 19.7. The number of likely N-dealkylation sites (N-methyl/N-ethyl adjacent to an activating group) is 1. The van der Waals surface area contributed by atoms with Crippen LogP contribution in [-0.4, -0.2) is 61.3 Å². The van der Waals surface area contributed by atoms with Crippen LogP contribution in [0.4, 0.5) is 11.5 Å². The largest absolute Gasteiger partial charge is 0.379 e. The first-order valence-corrected chi connectivity index (χ1v) is 12.3. The summed E-state index contributed by atoms with van der Waals surface area (Å²) < 4.78 is 5.50. The maximum Gasteiger partial charge on any atom is 0.146 e. The van der Waals surface area contributed by atoms with Crippen LogP contribution in [0.1, 0.15) is 5.82 Å². The predicted molar refractivity (Wildman–Crippen MR) is 137 cm³/mol. The van der Waals surface area contributed by atoms with E-state index in [0.717, 1.165) is 67.8 Å². The third-order valence-corrected chi connectivity index (χ3v) is 6.84. The Balaban J connectivity index is 1.42. The second-order valence-corrected chi connectivity index (χ2v) is 9.11. The topological polar surface area (TPSA) is 53.5 Å². The van der Waals surface area contributed by atoms with E-state index in [9.17, 15) is 0 Å². The maximum absolute atomic E-state index is 5.50. The minimum absolute atomic E-state index is 0.746. The lowest BCUT2D eigenvalue weighted by Gasteiger charge is -2.26. The van der Waals surface area contributed by atoms with Gasteiger partial charge in [0, 0.05) is 49.9 Å². The molecule has 2 aromatic carbocycles. The SMILES string of the molecule is CN(CCNc1nc(CN2CCOCC2)nc2scc(-c3ccccc3)c12)c1ccccc1. The number of nitrogens with zero attached hydrogens (tertiary/aromatic N) is 4. The van der Waals surface area contributed by atoms with Gasteiger partial charge in [-0.3, -0.25) is 4.90 Å². The third-order valence-electron chi connectivity index (χ3n) is 5.97. The van der Waals surface area contributed by atoms with Crippen LogP contribution in [0.5, 0.6) is 0 Å². The van der Waals surface area contributed by atoms with E-state index >= 15 is 0 Å². The second-order valence-electron chi connectivity index (χ2n) is 8.26. The van der Waals surface area contributed by atoms with Crippen LogP contribution in [0.15, 0.2) is 66.0 Å². The first kappa shape index (κ1) is 21.8. The Kier molecular flexibility index (Phi) is 6.81. The zero-order chi connectivity index (χ0) is 22.5. The molecule has 1 fully saturated rings. The number of aromatic nitrogens is 2. The quantitative estimate of drug-likeness (QED) is 0.411. The van der Waals surface area contributed by atoms with Gasteiger partial charge in [-0.15, -0.1) is 11.3 Å². The monoisotopic (exact) mass is 459 g/mol. The zero-order valence-electron chi connectivity index (χ0n) is 18.9. The standard InChI is InChI=1S/C26H29N5OS/c1-30(21-10-6-3-7-11-21)13-12-27-25-24-22(20-8-4-2-5-9-20)19-33-26(24)29-23(28-25)18-31-14-16-32-17-15-31/h2-11,19H,12-18H2,1H3,(H,27,28,29). The molecule has 0 spiro atoms. The highest BCUT2D eigenvalue weighted by Crippen LogP contribution is 2.37. The highest BCUT2D eigenvalue weighted by atomic mass is 32.1. The highest BCUT2D eigenvalue weighted by Gasteiger charge is 2.18. The fourth-order valence-electron chi connectivity index (χ4n) is 4.13. The molecule has 0 bridgehead atoms. The van der Waals surface area contributed by atoms with Crippen LogP contribution in [0, 0.1) is 0 Å². The summed E-state index contributed by atoms with van der Waals surface area (Å²) in [6.45, 7) is 5.80. The lowest BCUT2D eigenvalue weighted by Crippen LogP contribution is -2.36. The first-order chi connectivity index (χ1) is 16.3. The molecule has 6 nitrogen and oxygen atoms in total. The van der Waals surface area contributed by atoms with Gasteiger partial charge in [0.2, 0.25) is 0 Å². The molecule has 33 heavy (non-hydrogen) atoms. The van der Waals surface area contributed by atoms with Gasteiger partial charge in [0.15, 0.2) is 0 Å². The number of ether oxygens (including phenoxy) is 1. The summed E-state index contributed by atoms with van der Waals surface area (Å²) >= 11 is 1.69. The Bertz CT molecular complexity index is 1180. The van der Waals surface area contributed by atoms with E-state index in [4.69, 9.17) is 14.7 Å². The van der Waals surface area contributed by atoms with Gasteiger partial charge in [-0.2, -0.15) is 0 Å². The van der Waals surface area contributed by atoms with E-state index < -0.39 is 0 Å². The van der Waals surface area contributed by atoms with Crippen molar-refractivity contribution in [2.24, 2.45) is 0 Å². The number of nitrogens with one attached hydrogen (secondary N) is 1. The molecule has 1 saturated heterocycles. The fourth-order valence-corrected chi connectivity index (χ4v) is 5.09. The summed E-state index contributed by atoms with van der Waals surface area (Å²) in [6.07, 6.45) is 0. The molecule has 3 heterocycles. The van der Waals surface area contributed by atoms with E-state index in [2.05, 4.69) is 76.1 Å². The Morgan fingerprint density at radius 3 is 2.48 bits per heavy atom.